The Morgan fingerprint density at radius 3 is 2.58 bits per heavy atom. The zero-order chi connectivity index (χ0) is 19.1. The van der Waals surface area contributed by atoms with E-state index in [0.717, 1.165) is 0 Å². The summed E-state index contributed by atoms with van der Waals surface area (Å²) in [6.07, 6.45) is -2.86. The van der Waals surface area contributed by atoms with Crippen LogP contribution in [0.3, 0.4) is 0 Å². The standard InChI is InChI=1S/C17H20F3N3O3/c1-9-21-13-5-4-10(7-12(13)14(22-9)17(18,19)20)15(24)23-6-2-3-11(8-23)16(25)26/h10-11H,2-8H2,1H3,(H,25,26)/t10-,11+/m0/s1. The van der Waals surface area contributed by atoms with Gasteiger partial charge in [0.1, 0.15) is 5.82 Å². The first-order valence-corrected chi connectivity index (χ1v) is 8.62. The Bertz CT molecular complexity index is 736. The predicted molar refractivity (Wildman–Crippen MR) is 84.2 cm³/mol. The fourth-order valence-electron chi connectivity index (χ4n) is 3.82. The molecule has 2 atom stereocenters. The Balaban J connectivity index is 1.82. The monoisotopic (exact) mass is 371 g/mol. The van der Waals surface area contributed by atoms with E-state index in [4.69, 9.17) is 5.11 Å². The number of aryl methyl sites for hydroxylation is 2. The Kier molecular flexibility index (Phi) is 4.90. The summed E-state index contributed by atoms with van der Waals surface area (Å²) >= 11 is 0. The molecule has 0 spiro atoms. The van der Waals surface area contributed by atoms with E-state index < -0.39 is 29.7 Å². The lowest BCUT2D eigenvalue weighted by Gasteiger charge is -2.35. The fraction of sp³-hybridized carbons (Fsp3) is 0.647. The van der Waals surface area contributed by atoms with Gasteiger partial charge in [-0.2, -0.15) is 13.2 Å². The Morgan fingerprint density at radius 2 is 1.92 bits per heavy atom. The van der Waals surface area contributed by atoms with E-state index in [9.17, 15) is 22.8 Å². The van der Waals surface area contributed by atoms with E-state index in [0.29, 0.717) is 31.5 Å². The van der Waals surface area contributed by atoms with Gasteiger partial charge in [-0.05, 0) is 39.0 Å². The number of piperidine rings is 1. The van der Waals surface area contributed by atoms with Crippen LogP contribution in [0.5, 0.6) is 0 Å². The van der Waals surface area contributed by atoms with Gasteiger partial charge in [0.05, 0.1) is 5.92 Å². The molecule has 3 rings (SSSR count). The highest BCUT2D eigenvalue weighted by Gasteiger charge is 2.41. The second kappa shape index (κ2) is 6.85. The molecule has 1 aliphatic carbocycles. The van der Waals surface area contributed by atoms with Gasteiger partial charge in [-0.15, -0.1) is 0 Å². The minimum Gasteiger partial charge on any atom is -0.481 e. The number of carbonyl (C=O) groups is 2. The molecular weight excluding hydrogens is 351 g/mol. The lowest BCUT2D eigenvalue weighted by Crippen LogP contribution is -2.46. The van der Waals surface area contributed by atoms with E-state index in [1.54, 1.807) is 0 Å². The van der Waals surface area contributed by atoms with Gasteiger partial charge in [-0.3, -0.25) is 9.59 Å². The molecule has 0 aromatic carbocycles. The number of carboxylic acid groups (broad SMARTS) is 1. The van der Waals surface area contributed by atoms with E-state index in [1.165, 1.54) is 11.8 Å². The van der Waals surface area contributed by atoms with Crippen molar-refractivity contribution in [2.24, 2.45) is 11.8 Å². The summed E-state index contributed by atoms with van der Waals surface area (Å²) in [6.45, 7) is 1.99. The normalized spacial score (nSPS) is 23.5. The molecule has 1 N–H and O–H groups in total. The van der Waals surface area contributed by atoms with E-state index in [-0.39, 0.29) is 36.7 Å². The second-order valence-electron chi connectivity index (χ2n) is 6.94. The highest BCUT2D eigenvalue weighted by atomic mass is 19.4. The Hall–Kier alpha value is -2.19. The number of nitrogens with zero attached hydrogens (tertiary/aromatic N) is 3. The van der Waals surface area contributed by atoms with E-state index in [1.807, 2.05) is 0 Å². The smallest absolute Gasteiger partial charge is 0.433 e. The number of rotatable bonds is 2. The van der Waals surface area contributed by atoms with Crippen LogP contribution in [0.4, 0.5) is 13.2 Å². The molecule has 1 amide bonds. The molecule has 0 bridgehead atoms. The Morgan fingerprint density at radius 1 is 1.19 bits per heavy atom. The van der Waals surface area contributed by atoms with Crippen molar-refractivity contribution in [2.45, 2.75) is 45.2 Å². The summed E-state index contributed by atoms with van der Waals surface area (Å²) in [5.41, 5.74) is -0.602. The largest absolute Gasteiger partial charge is 0.481 e. The summed E-state index contributed by atoms with van der Waals surface area (Å²) in [5, 5.41) is 9.15. The number of amides is 1. The molecular formula is C17H20F3N3O3. The van der Waals surface area contributed by atoms with Crippen LogP contribution in [-0.2, 0) is 28.6 Å². The van der Waals surface area contributed by atoms with Crippen molar-refractivity contribution in [3.8, 4) is 0 Å². The maximum Gasteiger partial charge on any atom is 0.433 e. The molecule has 1 saturated heterocycles. The number of aliphatic carboxylic acids is 1. The number of carboxylic acids is 1. The minimum atomic E-state index is -4.59. The van der Waals surface area contributed by atoms with Crippen LogP contribution in [-0.4, -0.2) is 44.9 Å². The lowest BCUT2D eigenvalue weighted by atomic mass is 9.84. The zero-order valence-electron chi connectivity index (χ0n) is 14.3. The zero-order valence-corrected chi connectivity index (χ0v) is 14.3. The average molecular weight is 371 g/mol. The maximum absolute atomic E-state index is 13.3. The summed E-state index contributed by atoms with van der Waals surface area (Å²) in [5.74, 6) is -2.35. The number of hydrogen-bond acceptors (Lipinski definition) is 4. The van der Waals surface area contributed by atoms with Crippen LogP contribution in [0.15, 0.2) is 0 Å². The molecule has 2 aliphatic rings. The third kappa shape index (κ3) is 3.66. The molecule has 2 heterocycles. The highest BCUT2D eigenvalue weighted by molar-refractivity contribution is 5.81. The molecule has 9 heteroatoms. The summed E-state index contributed by atoms with van der Waals surface area (Å²) < 4.78 is 40.0. The molecule has 0 saturated carbocycles. The number of hydrogen-bond donors (Lipinski definition) is 1. The quantitative estimate of drug-likeness (QED) is 0.862. The molecule has 1 aliphatic heterocycles. The van der Waals surface area contributed by atoms with Crippen molar-refractivity contribution in [1.82, 2.24) is 14.9 Å². The number of aromatic nitrogens is 2. The highest BCUT2D eigenvalue weighted by Crippen LogP contribution is 2.36. The van der Waals surface area contributed by atoms with Gasteiger partial charge >= 0.3 is 12.1 Å². The van der Waals surface area contributed by atoms with Crippen molar-refractivity contribution in [1.29, 1.82) is 0 Å². The van der Waals surface area contributed by atoms with E-state index in [2.05, 4.69) is 9.97 Å². The average Bonchev–Trinajstić information content (AvgIpc) is 2.59. The van der Waals surface area contributed by atoms with E-state index >= 15 is 0 Å². The number of fused-ring (bicyclic) bond motifs is 1. The third-order valence-electron chi connectivity index (χ3n) is 5.08. The first kappa shape index (κ1) is 18.6. The number of carbonyl (C=O) groups excluding carboxylic acids is 1. The summed E-state index contributed by atoms with van der Waals surface area (Å²) in [7, 11) is 0. The number of halogens is 3. The van der Waals surface area contributed by atoms with Crippen LogP contribution < -0.4 is 0 Å². The van der Waals surface area contributed by atoms with Gasteiger partial charge < -0.3 is 10.0 Å². The van der Waals surface area contributed by atoms with Crippen molar-refractivity contribution in [3.63, 3.8) is 0 Å². The van der Waals surface area contributed by atoms with Gasteiger partial charge in [0.25, 0.3) is 0 Å². The molecule has 1 fully saturated rings. The van der Waals surface area contributed by atoms with Crippen molar-refractivity contribution < 1.29 is 27.9 Å². The molecule has 1 aromatic rings. The minimum absolute atomic E-state index is 0.000469. The molecule has 6 nitrogen and oxygen atoms in total. The van der Waals surface area contributed by atoms with Gasteiger partial charge in [-0.1, -0.05) is 0 Å². The molecule has 26 heavy (non-hydrogen) atoms. The molecule has 142 valence electrons. The Labute approximate surface area is 148 Å². The summed E-state index contributed by atoms with van der Waals surface area (Å²) in [6, 6.07) is 0. The lowest BCUT2D eigenvalue weighted by molar-refractivity contribution is -0.148. The first-order chi connectivity index (χ1) is 12.2. The van der Waals surface area contributed by atoms with Gasteiger partial charge in [0.15, 0.2) is 5.69 Å². The molecule has 0 unspecified atom stereocenters. The first-order valence-electron chi connectivity index (χ1n) is 8.62. The third-order valence-corrected chi connectivity index (χ3v) is 5.08. The van der Waals surface area contributed by atoms with Gasteiger partial charge in [0.2, 0.25) is 5.91 Å². The van der Waals surface area contributed by atoms with Crippen LogP contribution in [0.2, 0.25) is 0 Å². The number of likely N-dealkylation sites (tertiary alicyclic amines) is 1. The fourth-order valence-corrected chi connectivity index (χ4v) is 3.82. The van der Waals surface area contributed by atoms with Crippen LogP contribution in [0.25, 0.3) is 0 Å². The SMILES string of the molecule is Cc1nc2c(c(C(F)(F)F)n1)C[C@@H](C(=O)N1CCC[C@@H](C(=O)O)C1)CC2. The van der Waals surface area contributed by atoms with Crippen molar-refractivity contribution >= 4 is 11.9 Å². The van der Waals surface area contributed by atoms with Crippen LogP contribution >= 0.6 is 0 Å². The second-order valence-corrected chi connectivity index (χ2v) is 6.94. The summed E-state index contributed by atoms with van der Waals surface area (Å²) in [4.78, 5) is 33.1. The topological polar surface area (TPSA) is 83.4 Å². The van der Waals surface area contributed by atoms with Crippen LogP contribution in [0.1, 0.15) is 42.0 Å². The van der Waals surface area contributed by atoms with Gasteiger partial charge in [0, 0.05) is 30.3 Å². The van der Waals surface area contributed by atoms with Crippen molar-refractivity contribution in [3.05, 3.63) is 22.8 Å². The predicted octanol–water partition coefficient (Wildman–Crippen LogP) is 2.23. The molecule has 0 radical (unpaired) electrons. The number of alkyl halides is 3. The van der Waals surface area contributed by atoms with Crippen LogP contribution in [0, 0.1) is 18.8 Å². The maximum atomic E-state index is 13.3. The van der Waals surface area contributed by atoms with Crippen molar-refractivity contribution in [2.75, 3.05) is 13.1 Å². The van der Waals surface area contributed by atoms with Gasteiger partial charge in [-0.25, -0.2) is 9.97 Å². The molecule has 1 aromatic heterocycles.